The number of benzene rings is 2. The van der Waals surface area contributed by atoms with Crippen LogP contribution in [0.3, 0.4) is 0 Å². The maximum atomic E-state index is 13.8. The van der Waals surface area contributed by atoms with E-state index in [1.54, 1.807) is 12.1 Å². The van der Waals surface area contributed by atoms with Gasteiger partial charge in [-0.3, -0.25) is 0 Å². The summed E-state index contributed by atoms with van der Waals surface area (Å²) in [6, 6.07) is 12.7. The first-order chi connectivity index (χ1) is 17.8. The molecule has 1 aliphatic carbocycles. The molecule has 0 saturated heterocycles. The number of rotatable bonds is 7. The Kier molecular flexibility index (Phi) is 6.40. The molecule has 0 unspecified atom stereocenters. The van der Waals surface area contributed by atoms with E-state index in [0.717, 1.165) is 0 Å². The summed E-state index contributed by atoms with van der Waals surface area (Å²) in [5.74, 6) is -0.552. The van der Waals surface area contributed by atoms with Gasteiger partial charge in [0.05, 0.1) is 16.1 Å². The largest absolute Gasteiger partial charge is 0.411 e. The zero-order chi connectivity index (χ0) is 27.3. The Labute approximate surface area is 219 Å². The van der Waals surface area contributed by atoms with Crippen LogP contribution in [0.1, 0.15) is 18.4 Å². The fourth-order valence-corrected chi connectivity index (χ4v) is 4.67. The SMILES string of the molecule is NS(=O)(=O)c1ccc(CNc2nc(NC3(C(F)(F)F)CC3)c3nc(-c4ccc(F)cc4)ccc3n2)c(Cl)c1. The number of primary sulfonamides is 1. The Bertz CT molecular complexity index is 1640. The van der Waals surface area contributed by atoms with Gasteiger partial charge in [0.1, 0.15) is 16.9 Å². The second-order valence-corrected chi connectivity index (χ2v) is 10.8. The summed E-state index contributed by atoms with van der Waals surface area (Å²) in [4.78, 5) is 13.0. The summed E-state index contributed by atoms with van der Waals surface area (Å²) in [5, 5.41) is 10.7. The number of nitrogens with two attached hydrogens (primary N) is 1. The number of hydrogen-bond acceptors (Lipinski definition) is 7. The lowest BCUT2D eigenvalue weighted by Crippen LogP contribution is -2.39. The standard InChI is InChI=1S/C24H19ClF4N6O2S/c25-17-11-16(38(30,36)37)6-3-14(17)12-31-22-33-19-8-7-18(13-1-4-15(26)5-2-13)32-20(19)21(34-22)35-23(9-10-23)24(27,28)29/h1-8,11H,9-10,12H2,(H2,30,36,37)(H2,31,33,34,35). The first-order valence-electron chi connectivity index (χ1n) is 11.2. The van der Waals surface area contributed by atoms with Crippen molar-refractivity contribution in [1.82, 2.24) is 15.0 Å². The lowest BCUT2D eigenvalue weighted by molar-refractivity contribution is -0.151. The van der Waals surface area contributed by atoms with Crippen LogP contribution in [-0.4, -0.2) is 35.1 Å². The van der Waals surface area contributed by atoms with E-state index in [-0.39, 0.29) is 52.1 Å². The third-order valence-electron chi connectivity index (χ3n) is 6.12. The number of anilines is 2. The predicted octanol–water partition coefficient (Wildman–Crippen LogP) is 5.25. The minimum Gasteiger partial charge on any atom is -0.354 e. The van der Waals surface area contributed by atoms with E-state index in [1.807, 2.05) is 0 Å². The van der Waals surface area contributed by atoms with Crippen molar-refractivity contribution in [2.24, 2.45) is 5.14 Å². The average molecular weight is 567 g/mol. The minimum atomic E-state index is -4.51. The van der Waals surface area contributed by atoms with Crippen molar-refractivity contribution in [1.29, 1.82) is 0 Å². The Morgan fingerprint density at radius 1 is 1.00 bits per heavy atom. The van der Waals surface area contributed by atoms with Crippen molar-refractivity contribution in [3.8, 4) is 11.3 Å². The van der Waals surface area contributed by atoms with Crippen molar-refractivity contribution in [2.75, 3.05) is 10.6 Å². The highest BCUT2D eigenvalue weighted by Gasteiger charge is 2.64. The molecule has 4 N–H and O–H groups in total. The lowest BCUT2D eigenvalue weighted by atomic mass is 10.1. The van der Waals surface area contributed by atoms with Gasteiger partial charge in [0.25, 0.3) is 0 Å². The highest BCUT2D eigenvalue weighted by Crippen LogP contribution is 2.51. The van der Waals surface area contributed by atoms with Gasteiger partial charge in [-0.2, -0.15) is 18.2 Å². The highest BCUT2D eigenvalue weighted by molar-refractivity contribution is 7.89. The van der Waals surface area contributed by atoms with Crippen molar-refractivity contribution in [3.05, 3.63) is 71.0 Å². The number of nitrogens with one attached hydrogen (secondary N) is 2. The fraction of sp³-hybridized carbons (Fsp3) is 0.208. The van der Waals surface area contributed by atoms with Gasteiger partial charge in [0.15, 0.2) is 5.82 Å². The Morgan fingerprint density at radius 2 is 1.71 bits per heavy atom. The molecule has 14 heteroatoms. The summed E-state index contributed by atoms with van der Waals surface area (Å²) in [6.45, 7) is 0.0418. The molecule has 2 aromatic carbocycles. The van der Waals surface area contributed by atoms with Gasteiger partial charge in [-0.05, 0) is 66.9 Å². The number of pyridine rings is 1. The summed E-state index contributed by atoms with van der Waals surface area (Å²) in [7, 11) is -3.94. The Hall–Kier alpha value is -3.55. The van der Waals surface area contributed by atoms with Crippen molar-refractivity contribution >= 4 is 44.4 Å². The second-order valence-electron chi connectivity index (χ2n) is 8.82. The smallest absolute Gasteiger partial charge is 0.354 e. The monoisotopic (exact) mass is 566 g/mol. The van der Waals surface area contributed by atoms with E-state index >= 15 is 0 Å². The van der Waals surface area contributed by atoms with E-state index in [4.69, 9.17) is 16.7 Å². The molecule has 5 rings (SSSR count). The molecular formula is C24H19ClF4N6O2S. The number of fused-ring (bicyclic) bond motifs is 1. The first kappa shape index (κ1) is 26.1. The average Bonchev–Trinajstić information content (AvgIpc) is 3.64. The summed E-state index contributed by atoms with van der Waals surface area (Å²) in [5.41, 5.74) is -0.283. The van der Waals surface area contributed by atoms with Crippen molar-refractivity contribution < 1.29 is 26.0 Å². The van der Waals surface area contributed by atoms with Crippen molar-refractivity contribution in [3.63, 3.8) is 0 Å². The second kappa shape index (κ2) is 9.33. The first-order valence-corrected chi connectivity index (χ1v) is 13.1. The van der Waals surface area contributed by atoms with Gasteiger partial charge in [-0.15, -0.1) is 0 Å². The molecule has 2 aromatic heterocycles. The van der Waals surface area contributed by atoms with Gasteiger partial charge in [0, 0.05) is 17.1 Å². The Balaban J connectivity index is 1.51. The van der Waals surface area contributed by atoms with E-state index in [0.29, 0.717) is 16.8 Å². The number of hydrogen-bond donors (Lipinski definition) is 3. The van der Waals surface area contributed by atoms with Gasteiger partial charge in [0.2, 0.25) is 16.0 Å². The number of alkyl halides is 3. The number of sulfonamides is 1. The van der Waals surface area contributed by atoms with Gasteiger partial charge >= 0.3 is 6.18 Å². The summed E-state index contributed by atoms with van der Waals surface area (Å²) >= 11 is 6.19. The number of aromatic nitrogens is 3. The molecule has 1 fully saturated rings. The molecule has 8 nitrogen and oxygen atoms in total. The molecule has 4 aromatic rings. The fourth-order valence-electron chi connectivity index (χ4n) is 3.82. The zero-order valence-electron chi connectivity index (χ0n) is 19.4. The van der Waals surface area contributed by atoms with Crippen LogP contribution in [0.5, 0.6) is 0 Å². The van der Waals surface area contributed by atoms with Crippen LogP contribution < -0.4 is 15.8 Å². The third-order valence-corrected chi connectivity index (χ3v) is 7.39. The quantitative estimate of drug-likeness (QED) is 0.261. The van der Waals surface area contributed by atoms with Crippen LogP contribution in [0.15, 0.2) is 59.5 Å². The molecular weight excluding hydrogens is 548 g/mol. The normalized spacial score (nSPS) is 14.9. The predicted molar refractivity (Wildman–Crippen MR) is 135 cm³/mol. The van der Waals surface area contributed by atoms with Crippen LogP contribution in [0.2, 0.25) is 5.02 Å². The van der Waals surface area contributed by atoms with Gasteiger partial charge in [-0.1, -0.05) is 17.7 Å². The molecule has 0 radical (unpaired) electrons. The molecule has 0 atom stereocenters. The van der Waals surface area contributed by atoms with Crippen LogP contribution >= 0.6 is 11.6 Å². The van der Waals surface area contributed by atoms with Crippen LogP contribution in [0, 0.1) is 5.82 Å². The molecule has 2 heterocycles. The lowest BCUT2D eigenvalue weighted by Gasteiger charge is -2.22. The Morgan fingerprint density at radius 3 is 2.32 bits per heavy atom. The molecule has 0 aliphatic heterocycles. The third kappa shape index (κ3) is 5.22. The highest BCUT2D eigenvalue weighted by atomic mass is 35.5. The molecule has 1 saturated carbocycles. The van der Waals surface area contributed by atoms with E-state index in [9.17, 15) is 26.0 Å². The summed E-state index contributed by atoms with van der Waals surface area (Å²) in [6.07, 6.45) is -4.74. The molecule has 38 heavy (non-hydrogen) atoms. The molecule has 0 amide bonds. The number of nitrogens with zero attached hydrogens (tertiary/aromatic N) is 3. The van der Waals surface area contributed by atoms with Crippen molar-refractivity contribution in [2.45, 2.75) is 36.0 Å². The van der Waals surface area contributed by atoms with Crippen LogP contribution in [-0.2, 0) is 16.6 Å². The topological polar surface area (TPSA) is 123 Å². The minimum absolute atomic E-state index is 0.000830. The van der Waals surface area contributed by atoms with Gasteiger partial charge < -0.3 is 10.6 Å². The van der Waals surface area contributed by atoms with E-state index in [1.165, 1.54) is 42.5 Å². The van der Waals surface area contributed by atoms with E-state index in [2.05, 4.69) is 25.6 Å². The maximum Gasteiger partial charge on any atom is 0.411 e. The molecule has 0 bridgehead atoms. The maximum absolute atomic E-state index is 13.8. The van der Waals surface area contributed by atoms with Crippen LogP contribution in [0.4, 0.5) is 29.3 Å². The molecule has 0 spiro atoms. The van der Waals surface area contributed by atoms with E-state index < -0.39 is 27.6 Å². The van der Waals surface area contributed by atoms with Crippen LogP contribution in [0.25, 0.3) is 22.3 Å². The molecule has 1 aliphatic rings. The van der Waals surface area contributed by atoms with Gasteiger partial charge in [-0.25, -0.2) is 27.9 Å². The molecule has 198 valence electrons. The summed E-state index contributed by atoms with van der Waals surface area (Å²) < 4.78 is 77.7. The zero-order valence-corrected chi connectivity index (χ0v) is 20.9. The number of halogens is 5.